The number of likely N-dealkylation sites (tertiary alicyclic amines) is 1. The Bertz CT molecular complexity index is 1330. The van der Waals surface area contributed by atoms with E-state index in [1.165, 1.54) is 4.90 Å². The van der Waals surface area contributed by atoms with Crippen molar-refractivity contribution in [1.82, 2.24) is 20.1 Å². The van der Waals surface area contributed by atoms with Gasteiger partial charge in [0.2, 0.25) is 0 Å². The molecular weight excluding hydrogens is 390 g/mol. The van der Waals surface area contributed by atoms with E-state index in [0.717, 1.165) is 16.3 Å². The van der Waals surface area contributed by atoms with E-state index in [0.29, 0.717) is 22.2 Å². The van der Waals surface area contributed by atoms with E-state index < -0.39 is 5.92 Å². The Balaban J connectivity index is 1.47. The third-order valence-electron chi connectivity index (χ3n) is 5.64. The van der Waals surface area contributed by atoms with Crippen molar-refractivity contribution in [2.75, 3.05) is 13.1 Å². The van der Waals surface area contributed by atoms with Crippen LogP contribution in [0.15, 0.2) is 53.5 Å². The summed E-state index contributed by atoms with van der Waals surface area (Å²) in [4.78, 5) is 28.7. The number of nitrogens with one attached hydrogen (secondary N) is 2. The second-order valence-electron chi connectivity index (χ2n) is 7.59. The number of alkyl halides is 2. The van der Waals surface area contributed by atoms with Crippen LogP contribution >= 0.6 is 0 Å². The van der Waals surface area contributed by atoms with Crippen LogP contribution in [0.1, 0.15) is 23.2 Å². The van der Waals surface area contributed by atoms with Gasteiger partial charge in [-0.2, -0.15) is 5.10 Å². The van der Waals surface area contributed by atoms with E-state index >= 15 is 0 Å². The molecule has 1 amide bonds. The molecule has 1 aliphatic rings. The largest absolute Gasteiger partial charge is 0.338 e. The van der Waals surface area contributed by atoms with Gasteiger partial charge in [0.1, 0.15) is 0 Å². The number of rotatable bonds is 2. The highest BCUT2D eigenvalue weighted by atomic mass is 19.3. The molecule has 2 aromatic heterocycles. The van der Waals surface area contributed by atoms with E-state index in [9.17, 15) is 18.4 Å². The molecule has 2 N–H and O–H groups in total. The fraction of sp³-hybridized carbons (Fsp3) is 0.227. The van der Waals surface area contributed by atoms with Crippen molar-refractivity contribution in [2.24, 2.45) is 0 Å². The molecule has 1 aliphatic heterocycles. The second-order valence-corrected chi connectivity index (χ2v) is 7.59. The summed E-state index contributed by atoms with van der Waals surface area (Å²) in [6, 6.07) is 12.5. The lowest BCUT2D eigenvalue weighted by atomic mass is 10.0. The summed E-state index contributed by atoms with van der Waals surface area (Å²) in [5, 5.41) is 9.58. The topological polar surface area (TPSA) is 81.8 Å². The number of aromatic nitrogens is 3. The van der Waals surface area contributed by atoms with Gasteiger partial charge in [0.25, 0.3) is 17.4 Å². The van der Waals surface area contributed by atoms with Crippen LogP contribution in [-0.2, 0) is 0 Å². The van der Waals surface area contributed by atoms with Crippen LogP contribution in [0.5, 0.6) is 0 Å². The minimum atomic E-state index is -2.69. The molecule has 30 heavy (non-hydrogen) atoms. The number of H-pyrrole nitrogens is 2. The van der Waals surface area contributed by atoms with Gasteiger partial charge < -0.3 is 9.88 Å². The number of hydrogen-bond donors (Lipinski definition) is 2. The predicted molar refractivity (Wildman–Crippen MR) is 110 cm³/mol. The number of carbonyl (C=O) groups excluding carboxylic acids is 1. The molecule has 5 rings (SSSR count). The lowest BCUT2D eigenvalue weighted by Gasteiger charge is -2.31. The van der Waals surface area contributed by atoms with Gasteiger partial charge in [0, 0.05) is 54.0 Å². The number of halogens is 2. The molecule has 0 aliphatic carbocycles. The number of piperidine rings is 1. The molecule has 0 spiro atoms. The van der Waals surface area contributed by atoms with E-state index in [2.05, 4.69) is 15.2 Å². The van der Waals surface area contributed by atoms with Crippen molar-refractivity contribution >= 4 is 27.6 Å². The smallest absolute Gasteiger partial charge is 0.255 e. The first-order chi connectivity index (χ1) is 14.4. The predicted octanol–water partition coefficient (Wildman–Crippen LogP) is 3.94. The van der Waals surface area contributed by atoms with Crippen LogP contribution in [0.3, 0.4) is 0 Å². The minimum Gasteiger partial charge on any atom is -0.338 e. The molecule has 6 nitrogen and oxygen atoms in total. The standard InChI is InChI=1S/C22H18F2N4O2/c23-22(24)6-9-28(10-7-22)21(30)15-2-4-17-18(12-15)26-27-19(17)14-1-3-16-13(11-14)5-8-25-20(16)29/h1-5,8,11-12H,6-7,9-10H2,(H,25,29)(H,26,27). The lowest BCUT2D eigenvalue weighted by Crippen LogP contribution is -2.42. The van der Waals surface area contributed by atoms with E-state index in [4.69, 9.17) is 0 Å². The van der Waals surface area contributed by atoms with E-state index in [-0.39, 0.29) is 37.4 Å². The van der Waals surface area contributed by atoms with Crippen molar-refractivity contribution in [2.45, 2.75) is 18.8 Å². The van der Waals surface area contributed by atoms with Gasteiger partial charge in [-0.3, -0.25) is 14.7 Å². The fourth-order valence-electron chi connectivity index (χ4n) is 3.93. The van der Waals surface area contributed by atoms with Crippen LogP contribution in [0.4, 0.5) is 8.78 Å². The quantitative estimate of drug-likeness (QED) is 0.527. The molecule has 0 bridgehead atoms. The van der Waals surface area contributed by atoms with Gasteiger partial charge in [0.15, 0.2) is 0 Å². The van der Waals surface area contributed by atoms with E-state index in [1.807, 2.05) is 24.3 Å². The molecule has 0 atom stereocenters. The maximum Gasteiger partial charge on any atom is 0.255 e. The molecule has 0 radical (unpaired) electrons. The minimum absolute atomic E-state index is 0.0499. The summed E-state index contributed by atoms with van der Waals surface area (Å²) in [5.74, 6) is -2.95. The average molecular weight is 408 g/mol. The maximum absolute atomic E-state index is 13.4. The molecule has 2 aromatic carbocycles. The zero-order valence-electron chi connectivity index (χ0n) is 15.9. The molecule has 0 saturated carbocycles. The first-order valence-electron chi connectivity index (χ1n) is 9.68. The third-order valence-corrected chi connectivity index (χ3v) is 5.64. The number of fused-ring (bicyclic) bond motifs is 2. The Morgan fingerprint density at radius 1 is 1.03 bits per heavy atom. The summed E-state index contributed by atoms with van der Waals surface area (Å²) in [7, 11) is 0. The highest BCUT2D eigenvalue weighted by Crippen LogP contribution is 2.31. The highest BCUT2D eigenvalue weighted by Gasteiger charge is 2.35. The molecule has 8 heteroatoms. The summed E-state index contributed by atoms with van der Waals surface area (Å²) in [6.45, 7) is 0.0998. The van der Waals surface area contributed by atoms with Crippen LogP contribution in [0.25, 0.3) is 32.9 Å². The fourth-order valence-corrected chi connectivity index (χ4v) is 3.93. The van der Waals surface area contributed by atoms with Crippen molar-refractivity contribution in [3.05, 3.63) is 64.6 Å². The normalized spacial score (nSPS) is 16.3. The SMILES string of the molecule is O=C(c1ccc2c(-c3ccc4c(=O)[nH]ccc4c3)n[nH]c2c1)N1CCC(F)(F)CC1. The number of amides is 1. The van der Waals surface area contributed by atoms with Crippen molar-refractivity contribution < 1.29 is 13.6 Å². The summed E-state index contributed by atoms with van der Waals surface area (Å²) in [5.41, 5.74) is 2.53. The van der Waals surface area contributed by atoms with Gasteiger partial charge >= 0.3 is 0 Å². The number of benzene rings is 2. The van der Waals surface area contributed by atoms with E-state index in [1.54, 1.807) is 24.4 Å². The van der Waals surface area contributed by atoms with Crippen molar-refractivity contribution in [3.8, 4) is 11.3 Å². The summed E-state index contributed by atoms with van der Waals surface area (Å²) in [6.07, 6.45) is 0.991. The number of carbonyl (C=O) groups is 1. The van der Waals surface area contributed by atoms with Gasteiger partial charge in [0.05, 0.1) is 11.2 Å². The number of pyridine rings is 1. The Labute approximate surface area is 169 Å². The van der Waals surface area contributed by atoms with Gasteiger partial charge in [-0.15, -0.1) is 0 Å². The van der Waals surface area contributed by atoms with Crippen molar-refractivity contribution in [3.63, 3.8) is 0 Å². The van der Waals surface area contributed by atoms with Crippen LogP contribution in [0, 0.1) is 0 Å². The maximum atomic E-state index is 13.4. The van der Waals surface area contributed by atoms with Crippen LogP contribution in [-0.4, -0.2) is 45.0 Å². The number of nitrogens with zero attached hydrogens (tertiary/aromatic N) is 2. The first-order valence-corrected chi connectivity index (χ1v) is 9.68. The van der Waals surface area contributed by atoms with Crippen LogP contribution in [0.2, 0.25) is 0 Å². The monoisotopic (exact) mass is 408 g/mol. The van der Waals surface area contributed by atoms with Gasteiger partial charge in [-0.1, -0.05) is 6.07 Å². The van der Waals surface area contributed by atoms with Crippen LogP contribution < -0.4 is 5.56 Å². The molecule has 152 valence electrons. The molecule has 4 aromatic rings. The van der Waals surface area contributed by atoms with Gasteiger partial charge in [-0.05, 0) is 41.8 Å². The van der Waals surface area contributed by atoms with Crippen molar-refractivity contribution in [1.29, 1.82) is 0 Å². The molecule has 1 fully saturated rings. The zero-order chi connectivity index (χ0) is 20.9. The van der Waals surface area contributed by atoms with Gasteiger partial charge in [-0.25, -0.2) is 8.78 Å². The second kappa shape index (κ2) is 6.76. The molecular formula is C22H18F2N4O2. The average Bonchev–Trinajstić information content (AvgIpc) is 3.16. The molecule has 0 unspecified atom stereocenters. The third kappa shape index (κ3) is 3.14. The Morgan fingerprint density at radius 3 is 2.60 bits per heavy atom. The Kier molecular flexibility index (Phi) is 4.16. The number of aromatic amines is 2. The highest BCUT2D eigenvalue weighted by molar-refractivity contribution is 6.01. The lowest BCUT2D eigenvalue weighted by molar-refractivity contribution is -0.0494. The molecule has 1 saturated heterocycles. The summed E-state index contributed by atoms with van der Waals surface area (Å²) >= 11 is 0. The number of hydrogen-bond acceptors (Lipinski definition) is 3. The zero-order valence-corrected chi connectivity index (χ0v) is 15.9. The Hall–Kier alpha value is -3.55. The molecule has 3 heterocycles. The summed E-state index contributed by atoms with van der Waals surface area (Å²) < 4.78 is 26.7. The Morgan fingerprint density at radius 2 is 1.80 bits per heavy atom. The first kappa shape index (κ1) is 18.5.